The van der Waals surface area contributed by atoms with Gasteiger partial charge in [-0.15, -0.1) is 0 Å². The number of carbonyl (C=O) groups is 1. The largest absolute Gasteiger partial charge is 0.458 e. The SMILES string of the molecule is C[C@@H]1CC=C[C@](C)(O)[C@@]1(C)CCC1=CCOC1=O. The summed E-state index contributed by atoms with van der Waals surface area (Å²) < 4.78 is 4.91. The molecule has 0 amide bonds. The van der Waals surface area contributed by atoms with Crippen LogP contribution in [0.3, 0.4) is 0 Å². The van der Waals surface area contributed by atoms with Crippen LogP contribution in [0.15, 0.2) is 23.8 Å². The maximum Gasteiger partial charge on any atom is 0.334 e. The quantitative estimate of drug-likeness (QED) is 0.618. The Morgan fingerprint density at radius 2 is 2.22 bits per heavy atom. The van der Waals surface area contributed by atoms with E-state index in [1.807, 2.05) is 19.1 Å². The fraction of sp³-hybridized carbons (Fsp3) is 0.667. The molecule has 3 heteroatoms. The molecule has 0 spiro atoms. The van der Waals surface area contributed by atoms with Gasteiger partial charge in [-0.2, -0.15) is 0 Å². The number of ether oxygens (including phenoxy) is 1. The third kappa shape index (κ3) is 2.12. The summed E-state index contributed by atoms with van der Waals surface area (Å²) in [5.41, 5.74) is -0.257. The fourth-order valence-corrected chi connectivity index (χ4v) is 2.94. The summed E-state index contributed by atoms with van der Waals surface area (Å²) in [6.07, 6.45) is 8.26. The van der Waals surface area contributed by atoms with Crippen molar-refractivity contribution in [2.45, 2.75) is 45.6 Å². The summed E-state index contributed by atoms with van der Waals surface area (Å²) in [6.45, 7) is 6.54. The van der Waals surface area contributed by atoms with Gasteiger partial charge in [0, 0.05) is 11.0 Å². The number of esters is 1. The normalized spacial score (nSPS) is 39.7. The third-order valence-electron chi connectivity index (χ3n) is 4.90. The first-order valence-electron chi connectivity index (χ1n) is 6.63. The Morgan fingerprint density at radius 1 is 1.50 bits per heavy atom. The molecule has 3 nitrogen and oxygen atoms in total. The van der Waals surface area contributed by atoms with Gasteiger partial charge in [0.05, 0.1) is 5.60 Å². The van der Waals surface area contributed by atoms with E-state index in [0.717, 1.165) is 18.4 Å². The molecule has 0 saturated heterocycles. The van der Waals surface area contributed by atoms with Crippen LogP contribution < -0.4 is 0 Å². The maximum absolute atomic E-state index is 11.4. The summed E-state index contributed by atoms with van der Waals surface area (Å²) in [5.74, 6) is 0.202. The standard InChI is InChI=1S/C15H22O3/c1-11-5-4-8-15(3,17)14(11,2)9-6-12-7-10-18-13(12)16/h4,7-8,11,17H,5-6,9-10H2,1-3H3/t11-,14+,15+/m1/s1. The van der Waals surface area contributed by atoms with E-state index in [4.69, 9.17) is 4.74 Å². The minimum Gasteiger partial charge on any atom is -0.458 e. The first-order chi connectivity index (χ1) is 8.37. The first kappa shape index (κ1) is 13.3. The number of hydrogen-bond acceptors (Lipinski definition) is 3. The fourth-order valence-electron chi connectivity index (χ4n) is 2.94. The average Bonchev–Trinajstić information content (AvgIpc) is 2.69. The Balaban J connectivity index is 2.10. The van der Waals surface area contributed by atoms with Crippen molar-refractivity contribution in [2.75, 3.05) is 6.61 Å². The van der Waals surface area contributed by atoms with Crippen LogP contribution in [0.4, 0.5) is 0 Å². The molecular weight excluding hydrogens is 228 g/mol. The van der Waals surface area contributed by atoms with E-state index >= 15 is 0 Å². The van der Waals surface area contributed by atoms with Gasteiger partial charge in [0.15, 0.2) is 0 Å². The van der Waals surface area contributed by atoms with Gasteiger partial charge in [0.2, 0.25) is 0 Å². The van der Waals surface area contributed by atoms with Gasteiger partial charge < -0.3 is 9.84 Å². The first-order valence-corrected chi connectivity index (χ1v) is 6.63. The Bertz CT molecular complexity index is 406. The van der Waals surface area contributed by atoms with E-state index < -0.39 is 5.60 Å². The predicted octanol–water partition coefficient (Wildman–Crippen LogP) is 2.60. The summed E-state index contributed by atoms with van der Waals surface area (Å²) >= 11 is 0. The van der Waals surface area contributed by atoms with Crippen LogP contribution in [0, 0.1) is 11.3 Å². The van der Waals surface area contributed by atoms with E-state index in [1.54, 1.807) is 0 Å². The molecule has 0 saturated carbocycles. The molecule has 0 aromatic carbocycles. The number of carbonyl (C=O) groups excluding carboxylic acids is 1. The minimum atomic E-state index is -0.812. The molecule has 0 fully saturated rings. The number of allylic oxidation sites excluding steroid dienone is 1. The summed E-state index contributed by atoms with van der Waals surface area (Å²) in [4.78, 5) is 11.4. The lowest BCUT2D eigenvalue weighted by atomic mass is 9.60. The second kappa shape index (κ2) is 4.54. The van der Waals surface area contributed by atoms with E-state index in [9.17, 15) is 9.90 Å². The molecule has 100 valence electrons. The molecule has 1 N–H and O–H groups in total. The minimum absolute atomic E-state index is 0.197. The summed E-state index contributed by atoms with van der Waals surface area (Å²) in [5, 5.41) is 10.6. The summed E-state index contributed by atoms with van der Waals surface area (Å²) in [6, 6.07) is 0. The molecule has 1 aliphatic heterocycles. The molecule has 0 unspecified atom stereocenters. The van der Waals surface area contributed by atoms with Crippen molar-refractivity contribution >= 4 is 5.97 Å². The van der Waals surface area contributed by atoms with Crippen LogP contribution in [0.1, 0.15) is 40.0 Å². The zero-order valence-electron chi connectivity index (χ0n) is 11.4. The van der Waals surface area contributed by atoms with Crippen LogP contribution in [0.5, 0.6) is 0 Å². The highest BCUT2D eigenvalue weighted by molar-refractivity contribution is 5.90. The smallest absolute Gasteiger partial charge is 0.334 e. The van der Waals surface area contributed by atoms with E-state index in [1.165, 1.54) is 0 Å². The molecule has 18 heavy (non-hydrogen) atoms. The lowest BCUT2D eigenvalue weighted by Crippen LogP contribution is -2.48. The third-order valence-corrected chi connectivity index (χ3v) is 4.90. The molecule has 2 aliphatic rings. The molecule has 0 radical (unpaired) electrons. The number of cyclic esters (lactones) is 1. The molecule has 0 bridgehead atoms. The van der Waals surface area contributed by atoms with Crippen molar-refractivity contribution in [3.05, 3.63) is 23.8 Å². The Hall–Kier alpha value is -1.09. The Kier molecular flexibility index (Phi) is 3.37. The van der Waals surface area contributed by atoms with Crippen molar-refractivity contribution in [3.63, 3.8) is 0 Å². The maximum atomic E-state index is 11.4. The topological polar surface area (TPSA) is 46.5 Å². The van der Waals surface area contributed by atoms with Gasteiger partial charge in [-0.05, 0) is 38.2 Å². The van der Waals surface area contributed by atoms with Crippen molar-refractivity contribution in [1.29, 1.82) is 0 Å². The van der Waals surface area contributed by atoms with Crippen LogP contribution >= 0.6 is 0 Å². The second-order valence-corrected chi connectivity index (χ2v) is 5.93. The lowest BCUT2D eigenvalue weighted by molar-refractivity contribution is -0.136. The van der Waals surface area contributed by atoms with Gasteiger partial charge in [-0.1, -0.05) is 26.0 Å². The lowest BCUT2D eigenvalue weighted by Gasteiger charge is -2.48. The second-order valence-electron chi connectivity index (χ2n) is 5.93. The van der Waals surface area contributed by atoms with Crippen LogP contribution in [0.2, 0.25) is 0 Å². The van der Waals surface area contributed by atoms with E-state index in [2.05, 4.69) is 19.9 Å². The van der Waals surface area contributed by atoms with Crippen LogP contribution in [-0.4, -0.2) is 23.3 Å². The van der Waals surface area contributed by atoms with Gasteiger partial charge in [0.1, 0.15) is 6.61 Å². The van der Waals surface area contributed by atoms with Crippen LogP contribution in [0.25, 0.3) is 0 Å². The molecule has 2 rings (SSSR count). The van der Waals surface area contributed by atoms with Gasteiger partial charge >= 0.3 is 5.97 Å². The van der Waals surface area contributed by atoms with E-state index in [0.29, 0.717) is 18.9 Å². The number of aliphatic hydroxyl groups is 1. The molecular formula is C15H22O3. The van der Waals surface area contributed by atoms with Crippen molar-refractivity contribution < 1.29 is 14.6 Å². The monoisotopic (exact) mass is 250 g/mol. The van der Waals surface area contributed by atoms with Crippen LogP contribution in [-0.2, 0) is 9.53 Å². The predicted molar refractivity (Wildman–Crippen MR) is 69.9 cm³/mol. The zero-order chi connectivity index (χ0) is 13.4. The van der Waals surface area contributed by atoms with E-state index in [-0.39, 0.29) is 11.4 Å². The highest BCUT2D eigenvalue weighted by atomic mass is 16.5. The highest BCUT2D eigenvalue weighted by Gasteiger charge is 2.46. The highest BCUT2D eigenvalue weighted by Crippen LogP contribution is 2.48. The zero-order valence-corrected chi connectivity index (χ0v) is 11.4. The van der Waals surface area contributed by atoms with Gasteiger partial charge in [-0.25, -0.2) is 4.79 Å². The van der Waals surface area contributed by atoms with Gasteiger partial charge in [0.25, 0.3) is 0 Å². The molecule has 0 aromatic rings. The average molecular weight is 250 g/mol. The number of hydrogen-bond donors (Lipinski definition) is 1. The Morgan fingerprint density at radius 3 is 2.78 bits per heavy atom. The number of rotatable bonds is 3. The molecule has 0 aromatic heterocycles. The molecule has 3 atom stereocenters. The molecule has 1 aliphatic carbocycles. The van der Waals surface area contributed by atoms with Crippen molar-refractivity contribution in [2.24, 2.45) is 11.3 Å². The molecule has 1 heterocycles. The van der Waals surface area contributed by atoms with Gasteiger partial charge in [-0.3, -0.25) is 0 Å². The van der Waals surface area contributed by atoms with Crippen molar-refractivity contribution in [1.82, 2.24) is 0 Å². The van der Waals surface area contributed by atoms with Crippen molar-refractivity contribution in [3.8, 4) is 0 Å². The summed E-state index contributed by atoms with van der Waals surface area (Å²) in [7, 11) is 0. The Labute approximate surface area is 109 Å².